The van der Waals surface area contributed by atoms with Crippen molar-refractivity contribution >= 4 is 6.29 Å². The van der Waals surface area contributed by atoms with Crippen LogP contribution in [-0.4, -0.2) is 25.4 Å². The normalized spacial score (nSPS) is 33.7. The first-order valence-corrected chi connectivity index (χ1v) is 3.74. The topological polar surface area (TPSA) is 55.1 Å². The molecule has 0 bridgehead atoms. The Hall–Kier alpha value is -0.410. The highest BCUT2D eigenvalue weighted by Crippen LogP contribution is 2.10. The zero-order valence-corrected chi connectivity index (χ0v) is 6.05. The Bertz CT molecular complexity index is 116. The van der Waals surface area contributed by atoms with Crippen LogP contribution in [-0.2, 0) is 4.79 Å². The second-order valence-electron chi connectivity index (χ2n) is 2.82. The fourth-order valence-corrected chi connectivity index (χ4v) is 1.32. The lowest BCUT2D eigenvalue weighted by atomic mass is 9.92. The third-order valence-electron chi connectivity index (χ3n) is 2.07. The van der Waals surface area contributed by atoms with Crippen molar-refractivity contribution in [2.45, 2.75) is 18.9 Å². The van der Waals surface area contributed by atoms with Crippen LogP contribution in [0.25, 0.3) is 0 Å². The fourth-order valence-electron chi connectivity index (χ4n) is 1.32. The van der Waals surface area contributed by atoms with Crippen LogP contribution in [0.1, 0.15) is 12.8 Å². The third-order valence-corrected chi connectivity index (χ3v) is 2.07. The summed E-state index contributed by atoms with van der Waals surface area (Å²) >= 11 is 0. The molecule has 10 heavy (non-hydrogen) atoms. The molecule has 2 unspecified atom stereocenters. The van der Waals surface area contributed by atoms with E-state index in [4.69, 9.17) is 5.73 Å². The molecule has 0 spiro atoms. The average molecular weight is 142 g/mol. The summed E-state index contributed by atoms with van der Waals surface area (Å²) in [6, 6.07) is 0.228. The molecule has 1 aliphatic rings. The summed E-state index contributed by atoms with van der Waals surface area (Å²) in [7, 11) is 0. The van der Waals surface area contributed by atoms with E-state index in [1.54, 1.807) is 0 Å². The molecule has 1 rings (SSSR count). The van der Waals surface area contributed by atoms with Crippen LogP contribution in [0.5, 0.6) is 0 Å². The van der Waals surface area contributed by atoms with Crippen LogP contribution in [0.3, 0.4) is 0 Å². The van der Waals surface area contributed by atoms with Gasteiger partial charge in [-0.3, -0.25) is 0 Å². The summed E-state index contributed by atoms with van der Waals surface area (Å²) in [5, 5.41) is 3.21. The van der Waals surface area contributed by atoms with Gasteiger partial charge in [-0.1, -0.05) is 0 Å². The number of carbonyl (C=O) groups excluding carboxylic acids is 1. The van der Waals surface area contributed by atoms with Crippen LogP contribution in [0.2, 0.25) is 0 Å². The quantitative estimate of drug-likeness (QED) is 0.512. The van der Waals surface area contributed by atoms with E-state index < -0.39 is 0 Å². The monoisotopic (exact) mass is 142 g/mol. The van der Waals surface area contributed by atoms with Crippen LogP contribution >= 0.6 is 0 Å². The van der Waals surface area contributed by atoms with Gasteiger partial charge >= 0.3 is 0 Å². The Balaban J connectivity index is 2.32. The van der Waals surface area contributed by atoms with Gasteiger partial charge in [-0.15, -0.1) is 0 Å². The van der Waals surface area contributed by atoms with Crippen molar-refractivity contribution in [3.05, 3.63) is 0 Å². The Morgan fingerprint density at radius 2 is 2.50 bits per heavy atom. The molecule has 3 N–H and O–H groups in total. The van der Waals surface area contributed by atoms with Crippen molar-refractivity contribution in [2.24, 2.45) is 11.7 Å². The highest BCUT2D eigenvalue weighted by Gasteiger charge is 2.20. The summed E-state index contributed by atoms with van der Waals surface area (Å²) in [4.78, 5) is 10.1. The highest BCUT2D eigenvalue weighted by atomic mass is 16.1. The molecule has 3 nitrogen and oxygen atoms in total. The number of rotatable bonds is 2. The molecule has 0 aliphatic carbocycles. The van der Waals surface area contributed by atoms with Crippen LogP contribution in [0.4, 0.5) is 0 Å². The Kier molecular flexibility index (Phi) is 2.83. The van der Waals surface area contributed by atoms with Gasteiger partial charge in [0.2, 0.25) is 0 Å². The van der Waals surface area contributed by atoms with Gasteiger partial charge in [0.25, 0.3) is 0 Å². The lowest BCUT2D eigenvalue weighted by Gasteiger charge is -2.27. The maximum absolute atomic E-state index is 10.1. The molecule has 0 aromatic rings. The van der Waals surface area contributed by atoms with Crippen LogP contribution < -0.4 is 11.1 Å². The molecule has 1 fully saturated rings. The smallest absolute Gasteiger partial charge is 0.120 e. The van der Waals surface area contributed by atoms with E-state index in [1.165, 1.54) is 0 Å². The number of carbonyl (C=O) groups is 1. The lowest BCUT2D eigenvalue weighted by Crippen LogP contribution is -2.44. The summed E-state index contributed by atoms with van der Waals surface area (Å²) < 4.78 is 0. The largest absolute Gasteiger partial charge is 0.327 e. The first-order valence-electron chi connectivity index (χ1n) is 3.74. The first kappa shape index (κ1) is 7.69. The molecule has 0 amide bonds. The molecule has 0 aromatic carbocycles. The standard InChI is InChI=1S/C7H14N2O/c8-7-1-3-9-5-6(7)2-4-10/h4,6-7,9H,1-3,5,8H2. The molecular weight excluding hydrogens is 128 g/mol. The predicted molar refractivity (Wildman–Crippen MR) is 39.6 cm³/mol. The van der Waals surface area contributed by atoms with Crippen molar-refractivity contribution in [1.82, 2.24) is 5.32 Å². The average Bonchev–Trinajstić information content (AvgIpc) is 1.94. The van der Waals surface area contributed by atoms with Crippen LogP contribution in [0.15, 0.2) is 0 Å². The van der Waals surface area contributed by atoms with Crippen LogP contribution in [0, 0.1) is 5.92 Å². The minimum atomic E-state index is 0.228. The number of hydrogen-bond acceptors (Lipinski definition) is 3. The Morgan fingerprint density at radius 1 is 1.70 bits per heavy atom. The maximum Gasteiger partial charge on any atom is 0.120 e. The minimum Gasteiger partial charge on any atom is -0.327 e. The minimum absolute atomic E-state index is 0.228. The van der Waals surface area contributed by atoms with Gasteiger partial charge in [0.15, 0.2) is 0 Å². The third kappa shape index (κ3) is 1.78. The zero-order valence-electron chi connectivity index (χ0n) is 6.05. The summed E-state index contributed by atoms with van der Waals surface area (Å²) in [6.45, 7) is 1.90. The van der Waals surface area contributed by atoms with E-state index in [0.29, 0.717) is 12.3 Å². The van der Waals surface area contributed by atoms with Gasteiger partial charge in [0, 0.05) is 12.5 Å². The highest BCUT2D eigenvalue weighted by molar-refractivity contribution is 5.50. The van der Waals surface area contributed by atoms with E-state index >= 15 is 0 Å². The van der Waals surface area contributed by atoms with Crippen molar-refractivity contribution in [1.29, 1.82) is 0 Å². The fraction of sp³-hybridized carbons (Fsp3) is 0.857. The number of piperidine rings is 1. The second kappa shape index (κ2) is 3.68. The second-order valence-corrected chi connectivity index (χ2v) is 2.82. The van der Waals surface area contributed by atoms with Gasteiger partial charge in [0.1, 0.15) is 6.29 Å². The van der Waals surface area contributed by atoms with Gasteiger partial charge in [-0.05, 0) is 25.4 Å². The van der Waals surface area contributed by atoms with E-state index in [0.717, 1.165) is 25.8 Å². The molecule has 3 heteroatoms. The summed E-state index contributed by atoms with van der Waals surface area (Å²) in [6.07, 6.45) is 2.56. The molecule has 1 saturated heterocycles. The van der Waals surface area contributed by atoms with E-state index in [1.807, 2.05) is 0 Å². The number of nitrogens with one attached hydrogen (secondary N) is 1. The molecule has 58 valence electrons. The zero-order chi connectivity index (χ0) is 7.40. The maximum atomic E-state index is 10.1. The molecule has 1 aliphatic heterocycles. The molecular formula is C7H14N2O. The van der Waals surface area contributed by atoms with Crippen molar-refractivity contribution in [3.63, 3.8) is 0 Å². The van der Waals surface area contributed by atoms with E-state index in [2.05, 4.69) is 5.32 Å². The SMILES string of the molecule is NC1CCNCC1CC=O. The Labute approximate surface area is 61.0 Å². The van der Waals surface area contributed by atoms with Gasteiger partial charge in [-0.25, -0.2) is 0 Å². The Morgan fingerprint density at radius 3 is 3.10 bits per heavy atom. The number of nitrogens with two attached hydrogens (primary N) is 1. The van der Waals surface area contributed by atoms with Crippen molar-refractivity contribution < 1.29 is 4.79 Å². The first-order chi connectivity index (χ1) is 4.84. The molecule has 2 atom stereocenters. The van der Waals surface area contributed by atoms with E-state index in [-0.39, 0.29) is 6.04 Å². The molecule has 0 radical (unpaired) electrons. The lowest BCUT2D eigenvalue weighted by molar-refractivity contribution is -0.108. The van der Waals surface area contributed by atoms with Gasteiger partial charge in [-0.2, -0.15) is 0 Å². The van der Waals surface area contributed by atoms with Gasteiger partial charge in [0.05, 0.1) is 0 Å². The molecule has 0 saturated carbocycles. The summed E-state index contributed by atoms with van der Waals surface area (Å²) in [5.41, 5.74) is 5.77. The summed E-state index contributed by atoms with van der Waals surface area (Å²) in [5.74, 6) is 0.367. The number of hydrogen-bond donors (Lipinski definition) is 2. The van der Waals surface area contributed by atoms with Gasteiger partial charge < -0.3 is 15.8 Å². The molecule has 0 aromatic heterocycles. The van der Waals surface area contributed by atoms with Crippen molar-refractivity contribution in [2.75, 3.05) is 13.1 Å². The number of aldehydes is 1. The predicted octanol–water partition coefficient (Wildman–Crippen LogP) is -0.488. The van der Waals surface area contributed by atoms with Crippen molar-refractivity contribution in [3.8, 4) is 0 Å². The van der Waals surface area contributed by atoms with E-state index in [9.17, 15) is 4.79 Å². The molecule has 1 heterocycles.